The molecule has 0 bridgehead atoms. The van der Waals surface area contributed by atoms with E-state index in [1.165, 1.54) is 6.20 Å². The summed E-state index contributed by atoms with van der Waals surface area (Å²) in [7, 11) is 0. The summed E-state index contributed by atoms with van der Waals surface area (Å²) in [6.45, 7) is 5.58. The molecule has 0 unspecified atom stereocenters. The van der Waals surface area contributed by atoms with Crippen molar-refractivity contribution in [2.24, 2.45) is 0 Å². The number of carbonyl (C=O) groups excluding carboxylic acids is 2. The average molecular weight is 442 g/mol. The standard InChI is InChI=1S/C20H20BrN5O2/c1-12-14(3)26(11-23-12)17-7-5-16(6-8-17)25-19(27)13(2)24-20(28)18-9-4-15(21)10-22-18/h4-11,13H,1-3H3,(H,24,28)(H,25,27)/t13-/m1/s1. The van der Waals surface area contributed by atoms with Crippen molar-refractivity contribution in [2.45, 2.75) is 26.8 Å². The van der Waals surface area contributed by atoms with Gasteiger partial charge < -0.3 is 15.2 Å². The number of aromatic nitrogens is 3. The lowest BCUT2D eigenvalue weighted by Crippen LogP contribution is -2.41. The van der Waals surface area contributed by atoms with Gasteiger partial charge >= 0.3 is 0 Å². The number of nitrogens with one attached hydrogen (secondary N) is 2. The van der Waals surface area contributed by atoms with Crippen molar-refractivity contribution < 1.29 is 9.59 Å². The van der Waals surface area contributed by atoms with Crippen molar-refractivity contribution in [3.8, 4) is 5.69 Å². The van der Waals surface area contributed by atoms with Gasteiger partial charge in [-0.2, -0.15) is 0 Å². The van der Waals surface area contributed by atoms with Gasteiger partial charge in [-0.3, -0.25) is 9.59 Å². The lowest BCUT2D eigenvalue weighted by atomic mass is 10.2. The van der Waals surface area contributed by atoms with Crippen molar-refractivity contribution in [1.29, 1.82) is 0 Å². The van der Waals surface area contributed by atoms with Crippen LogP contribution in [0.15, 0.2) is 53.4 Å². The number of rotatable bonds is 5. The van der Waals surface area contributed by atoms with Gasteiger partial charge in [-0.1, -0.05) is 0 Å². The van der Waals surface area contributed by atoms with Crippen molar-refractivity contribution in [3.63, 3.8) is 0 Å². The molecule has 0 aliphatic heterocycles. The molecule has 3 aromatic rings. The first-order valence-electron chi connectivity index (χ1n) is 8.69. The van der Waals surface area contributed by atoms with E-state index in [1.807, 2.05) is 42.7 Å². The number of pyridine rings is 1. The second-order valence-electron chi connectivity index (χ2n) is 6.38. The fourth-order valence-electron chi connectivity index (χ4n) is 2.56. The summed E-state index contributed by atoms with van der Waals surface area (Å²) in [6, 6.07) is 10.0. The summed E-state index contributed by atoms with van der Waals surface area (Å²) in [5.74, 6) is -0.718. The summed E-state index contributed by atoms with van der Waals surface area (Å²) in [4.78, 5) is 32.9. The first kappa shape index (κ1) is 19.8. The van der Waals surface area contributed by atoms with Gasteiger partial charge in [0.25, 0.3) is 5.91 Å². The van der Waals surface area contributed by atoms with Crippen LogP contribution in [0.1, 0.15) is 28.8 Å². The first-order valence-corrected chi connectivity index (χ1v) is 9.48. The SMILES string of the molecule is Cc1ncn(-c2ccc(NC(=O)[C@@H](C)NC(=O)c3ccc(Br)cn3)cc2)c1C. The van der Waals surface area contributed by atoms with Gasteiger partial charge in [0, 0.05) is 27.7 Å². The molecule has 0 aliphatic carbocycles. The summed E-state index contributed by atoms with van der Waals surface area (Å²) < 4.78 is 2.76. The highest BCUT2D eigenvalue weighted by Gasteiger charge is 2.17. The lowest BCUT2D eigenvalue weighted by Gasteiger charge is -2.14. The number of benzene rings is 1. The Morgan fingerprint density at radius 2 is 1.79 bits per heavy atom. The molecule has 1 atom stereocenters. The number of nitrogens with zero attached hydrogens (tertiary/aromatic N) is 3. The maximum atomic E-state index is 12.4. The average Bonchev–Trinajstić information content (AvgIpc) is 3.01. The number of halogens is 1. The molecule has 0 saturated carbocycles. The minimum Gasteiger partial charge on any atom is -0.339 e. The Kier molecular flexibility index (Phi) is 5.89. The van der Waals surface area contributed by atoms with Crippen molar-refractivity contribution >= 4 is 33.4 Å². The molecule has 2 amide bonds. The second-order valence-corrected chi connectivity index (χ2v) is 7.29. The molecule has 0 saturated heterocycles. The largest absolute Gasteiger partial charge is 0.339 e. The van der Waals surface area contributed by atoms with Crippen LogP contribution in [0.3, 0.4) is 0 Å². The van der Waals surface area contributed by atoms with E-state index in [2.05, 4.69) is 36.5 Å². The molecule has 0 fully saturated rings. The number of imidazole rings is 1. The van der Waals surface area contributed by atoms with E-state index >= 15 is 0 Å². The van der Waals surface area contributed by atoms with Crippen LogP contribution in [-0.4, -0.2) is 32.4 Å². The Bertz CT molecular complexity index is 996. The molecule has 8 heteroatoms. The molecule has 7 nitrogen and oxygen atoms in total. The van der Waals surface area contributed by atoms with Gasteiger partial charge in [-0.15, -0.1) is 0 Å². The summed E-state index contributed by atoms with van der Waals surface area (Å²) in [6.07, 6.45) is 3.30. The van der Waals surface area contributed by atoms with Crippen molar-refractivity contribution in [1.82, 2.24) is 19.9 Å². The zero-order valence-electron chi connectivity index (χ0n) is 15.7. The molecule has 28 heavy (non-hydrogen) atoms. The second kappa shape index (κ2) is 8.35. The van der Waals surface area contributed by atoms with Gasteiger partial charge in [0.05, 0.1) is 12.0 Å². The lowest BCUT2D eigenvalue weighted by molar-refractivity contribution is -0.117. The van der Waals surface area contributed by atoms with E-state index in [9.17, 15) is 9.59 Å². The van der Waals surface area contributed by atoms with Crippen LogP contribution in [0.25, 0.3) is 5.69 Å². The van der Waals surface area contributed by atoms with E-state index in [0.29, 0.717) is 5.69 Å². The molecule has 0 aliphatic rings. The minimum atomic E-state index is -0.712. The molecule has 0 spiro atoms. The molecule has 3 rings (SSSR count). The predicted octanol–water partition coefficient (Wildman–Crippen LogP) is 3.40. The fourth-order valence-corrected chi connectivity index (χ4v) is 2.80. The molecular weight excluding hydrogens is 422 g/mol. The third kappa shape index (κ3) is 4.45. The Labute approximate surface area is 171 Å². The topological polar surface area (TPSA) is 88.9 Å². The number of hydrogen-bond acceptors (Lipinski definition) is 4. The monoisotopic (exact) mass is 441 g/mol. The van der Waals surface area contributed by atoms with Crippen LogP contribution in [-0.2, 0) is 4.79 Å². The number of anilines is 1. The predicted molar refractivity (Wildman–Crippen MR) is 111 cm³/mol. The number of amides is 2. The normalized spacial score (nSPS) is 11.7. The van der Waals surface area contributed by atoms with E-state index in [0.717, 1.165) is 21.5 Å². The third-order valence-corrected chi connectivity index (χ3v) is 4.83. The highest BCUT2D eigenvalue weighted by atomic mass is 79.9. The van der Waals surface area contributed by atoms with E-state index in [4.69, 9.17) is 0 Å². The van der Waals surface area contributed by atoms with Gasteiger partial charge in [0.1, 0.15) is 11.7 Å². The van der Waals surface area contributed by atoms with Gasteiger partial charge in [0.2, 0.25) is 5.91 Å². The minimum absolute atomic E-state index is 0.248. The smallest absolute Gasteiger partial charge is 0.270 e. The van der Waals surface area contributed by atoms with Crippen LogP contribution < -0.4 is 10.6 Å². The summed E-state index contributed by atoms with van der Waals surface area (Å²) in [5.41, 5.74) is 3.89. The van der Waals surface area contributed by atoms with Gasteiger partial charge in [-0.05, 0) is 73.1 Å². The molecular formula is C20H20BrN5O2. The number of carbonyl (C=O) groups is 2. The van der Waals surface area contributed by atoms with Crippen LogP contribution in [0.2, 0.25) is 0 Å². The molecule has 1 aromatic carbocycles. The first-order chi connectivity index (χ1) is 13.3. The Morgan fingerprint density at radius 3 is 2.36 bits per heavy atom. The van der Waals surface area contributed by atoms with E-state index in [-0.39, 0.29) is 11.6 Å². The van der Waals surface area contributed by atoms with Crippen LogP contribution in [0.4, 0.5) is 5.69 Å². The highest BCUT2D eigenvalue weighted by molar-refractivity contribution is 9.10. The Morgan fingerprint density at radius 1 is 1.07 bits per heavy atom. The molecule has 2 aromatic heterocycles. The van der Waals surface area contributed by atoms with E-state index < -0.39 is 11.9 Å². The van der Waals surface area contributed by atoms with Crippen LogP contribution in [0.5, 0.6) is 0 Å². The fraction of sp³-hybridized carbons (Fsp3) is 0.200. The van der Waals surface area contributed by atoms with Crippen molar-refractivity contribution in [3.05, 3.63) is 70.5 Å². The number of hydrogen-bond donors (Lipinski definition) is 2. The van der Waals surface area contributed by atoms with Gasteiger partial charge in [0.15, 0.2) is 0 Å². The molecule has 2 N–H and O–H groups in total. The maximum absolute atomic E-state index is 12.4. The molecule has 0 radical (unpaired) electrons. The Hall–Kier alpha value is -3.00. The summed E-state index contributed by atoms with van der Waals surface area (Å²) in [5, 5.41) is 5.44. The molecule has 144 valence electrons. The zero-order chi connectivity index (χ0) is 20.3. The Balaban J connectivity index is 1.61. The van der Waals surface area contributed by atoms with E-state index in [1.54, 1.807) is 25.4 Å². The van der Waals surface area contributed by atoms with Crippen LogP contribution >= 0.6 is 15.9 Å². The number of aryl methyl sites for hydroxylation is 1. The molecule has 2 heterocycles. The quantitative estimate of drug-likeness (QED) is 0.634. The highest BCUT2D eigenvalue weighted by Crippen LogP contribution is 2.17. The zero-order valence-corrected chi connectivity index (χ0v) is 17.3. The van der Waals surface area contributed by atoms with Crippen molar-refractivity contribution in [2.75, 3.05) is 5.32 Å². The third-order valence-electron chi connectivity index (χ3n) is 4.37. The maximum Gasteiger partial charge on any atom is 0.270 e. The van der Waals surface area contributed by atoms with Gasteiger partial charge in [-0.25, -0.2) is 9.97 Å². The summed E-state index contributed by atoms with van der Waals surface area (Å²) >= 11 is 3.27. The van der Waals surface area contributed by atoms with Crippen LogP contribution in [0, 0.1) is 13.8 Å².